The van der Waals surface area contributed by atoms with Gasteiger partial charge in [-0.25, -0.2) is 0 Å². The summed E-state index contributed by atoms with van der Waals surface area (Å²) < 4.78 is 44.0. The van der Waals surface area contributed by atoms with E-state index >= 15 is 0 Å². The van der Waals surface area contributed by atoms with E-state index in [9.17, 15) is 13.2 Å². The monoisotopic (exact) mass is 352 g/mol. The number of benzene rings is 1. The molecule has 2 N–H and O–H groups in total. The molecule has 2 unspecified atom stereocenters. The second-order valence-electron chi connectivity index (χ2n) is 4.86. The van der Waals surface area contributed by atoms with Gasteiger partial charge in [-0.15, -0.1) is 0 Å². The van der Waals surface area contributed by atoms with Crippen LogP contribution in [0.2, 0.25) is 0 Å². The van der Waals surface area contributed by atoms with Crippen molar-refractivity contribution < 1.29 is 17.9 Å². The number of nitrogens with zero attached hydrogens (tertiary/aromatic N) is 1. The molecule has 0 radical (unpaired) electrons. The normalized spacial score (nSPS) is 24.0. The number of alkyl halides is 3. The molecular formula is C13H16BrF3N2O. The van der Waals surface area contributed by atoms with Gasteiger partial charge in [0, 0.05) is 23.6 Å². The lowest BCUT2D eigenvalue weighted by Gasteiger charge is -2.39. The minimum Gasteiger partial charge on any atom is -0.373 e. The topological polar surface area (TPSA) is 38.5 Å². The number of morpholine rings is 1. The Labute approximate surface area is 124 Å². The zero-order valence-corrected chi connectivity index (χ0v) is 12.5. The molecule has 0 saturated carbocycles. The van der Waals surface area contributed by atoms with Gasteiger partial charge in [-0.05, 0) is 41.1 Å². The summed E-state index contributed by atoms with van der Waals surface area (Å²) in [4.78, 5) is 2.02. The molecule has 7 heteroatoms. The van der Waals surface area contributed by atoms with E-state index in [1.165, 1.54) is 6.07 Å². The predicted octanol–water partition coefficient (Wildman–Crippen LogP) is 3.02. The third-order valence-corrected chi connectivity index (χ3v) is 3.99. The third kappa shape index (κ3) is 3.27. The molecule has 0 amide bonds. The fraction of sp³-hybridized carbons (Fsp3) is 0.538. The first-order valence-electron chi connectivity index (χ1n) is 6.28. The molecular weight excluding hydrogens is 337 g/mol. The average Bonchev–Trinajstić information content (AvgIpc) is 2.38. The molecule has 3 nitrogen and oxygen atoms in total. The molecule has 2 atom stereocenters. The van der Waals surface area contributed by atoms with Crippen LogP contribution in [0, 0.1) is 0 Å². The molecule has 0 aromatic heterocycles. The van der Waals surface area contributed by atoms with Crippen molar-refractivity contribution >= 4 is 21.6 Å². The molecule has 1 saturated heterocycles. The lowest BCUT2D eigenvalue weighted by molar-refractivity contribution is -0.137. The highest BCUT2D eigenvalue weighted by atomic mass is 79.9. The molecule has 1 aromatic rings. The Balaban J connectivity index is 2.28. The first-order valence-corrected chi connectivity index (χ1v) is 7.07. The Bertz CT molecular complexity index is 481. The van der Waals surface area contributed by atoms with Gasteiger partial charge in [-0.2, -0.15) is 13.2 Å². The molecule has 1 aliphatic heterocycles. The number of hydrogen-bond donors (Lipinski definition) is 1. The van der Waals surface area contributed by atoms with E-state index in [-0.39, 0.29) is 12.1 Å². The predicted molar refractivity (Wildman–Crippen MR) is 74.7 cm³/mol. The van der Waals surface area contributed by atoms with Crippen LogP contribution in [-0.4, -0.2) is 31.8 Å². The van der Waals surface area contributed by atoms with Crippen LogP contribution in [0.5, 0.6) is 0 Å². The summed E-state index contributed by atoms with van der Waals surface area (Å²) in [6, 6.07) is 3.78. The first kappa shape index (κ1) is 15.6. The summed E-state index contributed by atoms with van der Waals surface area (Å²) >= 11 is 3.23. The standard InChI is InChI=1S/C13H16BrF3N2O/c1-8-7-20-10(5-18)6-19(8)12-3-2-9(4-11(12)14)13(15,16)17/h2-4,8,10H,5-7,18H2,1H3. The number of nitrogens with two attached hydrogens (primary N) is 1. The van der Waals surface area contributed by atoms with Crippen LogP contribution in [0.25, 0.3) is 0 Å². The summed E-state index contributed by atoms with van der Waals surface area (Å²) in [5, 5.41) is 0. The van der Waals surface area contributed by atoms with E-state index in [2.05, 4.69) is 15.9 Å². The highest BCUT2D eigenvalue weighted by Gasteiger charge is 2.32. The van der Waals surface area contributed by atoms with E-state index in [1.807, 2.05) is 11.8 Å². The molecule has 1 fully saturated rings. The van der Waals surface area contributed by atoms with Crippen LogP contribution in [0.3, 0.4) is 0 Å². The van der Waals surface area contributed by atoms with Crippen LogP contribution < -0.4 is 10.6 Å². The maximum absolute atomic E-state index is 12.7. The van der Waals surface area contributed by atoms with Crippen molar-refractivity contribution in [2.75, 3.05) is 24.6 Å². The summed E-state index contributed by atoms with van der Waals surface area (Å²) in [7, 11) is 0. The van der Waals surface area contributed by atoms with E-state index in [0.717, 1.165) is 17.8 Å². The van der Waals surface area contributed by atoms with Crippen molar-refractivity contribution in [1.82, 2.24) is 0 Å². The van der Waals surface area contributed by atoms with Gasteiger partial charge >= 0.3 is 6.18 Å². The Morgan fingerprint density at radius 2 is 2.15 bits per heavy atom. The quantitative estimate of drug-likeness (QED) is 0.888. The van der Waals surface area contributed by atoms with Crippen molar-refractivity contribution in [3.8, 4) is 0 Å². The second-order valence-corrected chi connectivity index (χ2v) is 5.71. The Kier molecular flexibility index (Phi) is 4.61. The number of halogens is 4. The van der Waals surface area contributed by atoms with Crippen LogP contribution in [0.1, 0.15) is 12.5 Å². The van der Waals surface area contributed by atoms with Gasteiger partial charge in [-0.3, -0.25) is 0 Å². The van der Waals surface area contributed by atoms with Gasteiger partial charge in [0.1, 0.15) is 0 Å². The zero-order valence-electron chi connectivity index (χ0n) is 11.0. The Morgan fingerprint density at radius 1 is 1.45 bits per heavy atom. The third-order valence-electron chi connectivity index (χ3n) is 3.35. The second kappa shape index (κ2) is 5.91. The first-order chi connectivity index (χ1) is 9.32. The Hall–Kier alpha value is -0.790. The minimum absolute atomic E-state index is 0.0887. The highest BCUT2D eigenvalue weighted by Crippen LogP contribution is 2.36. The maximum Gasteiger partial charge on any atom is 0.416 e. The SMILES string of the molecule is CC1COC(CN)CN1c1ccc(C(F)(F)F)cc1Br. The van der Waals surface area contributed by atoms with Crippen molar-refractivity contribution in [2.45, 2.75) is 25.2 Å². The van der Waals surface area contributed by atoms with Crippen molar-refractivity contribution in [3.63, 3.8) is 0 Å². The zero-order chi connectivity index (χ0) is 14.9. The lowest BCUT2D eigenvalue weighted by atomic mass is 10.1. The molecule has 0 spiro atoms. The summed E-state index contributed by atoms with van der Waals surface area (Å²) in [5.41, 5.74) is 5.66. The van der Waals surface area contributed by atoms with Gasteiger partial charge < -0.3 is 15.4 Å². The Morgan fingerprint density at radius 3 is 2.70 bits per heavy atom. The smallest absolute Gasteiger partial charge is 0.373 e. The van der Waals surface area contributed by atoms with Gasteiger partial charge in [0.25, 0.3) is 0 Å². The fourth-order valence-electron chi connectivity index (χ4n) is 2.21. The lowest BCUT2D eigenvalue weighted by Crippen LogP contribution is -2.50. The molecule has 20 heavy (non-hydrogen) atoms. The minimum atomic E-state index is -4.34. The number of rotatable bonds is 2. The van der Waals surface area contributed by atoms with Gasteiger partial charge in [-0.1, -0.05) is 0 Å². The number of anilines is 1. The molecule has 1 aromatic carbocycles. The van der Waals surface area contributed by atoms with Crippen molar-refractivity contribution in [3.05, 3.63) is 28.2 Å². The fourth-order valence-corrected chi connectivity index (χ4v) is 2.82. The van der Waals surface area contributed by atoms with Crippen molar-refractivity contribution in [2.24, 2.45) is 5.73 Å². The van der Waals surface area contributed by atoms with E-state index < -0.39 is 11.7 Å². The summed E-state index contributed by atoms with van der Waals surface area (Å²) in [6.45, 7) is 3.44. The van der Waals surface area contributed by atoms with Crippen LogP contribution in [0.15, 0.2) is 22.7 Å². The van der Waals surface area contributed by atoms with E-state index in [4.69, 9.17) is 10.5 Å². The summed E-state index contributed by atoms with van der Waals surface area (Å²) in [5.74, 6) is 0. The largest absolute Gasteiger partial charge is 0.416 e. The van der Waals surface area contributed by atoms with Gasteiger partial charge in [0.2, 0.25) is 0 Å². The van der Waals surface area contributed by atoms with E-state index in [0.29, 0.717) is 24.2 Å². The number of hydrogen-bond acceptors (Lipinski definition) is 3. The molecule has 0 bridgehead atoms. The maximum atomic E-state index is 12.7. The van der Waals surface area contributed by atoms with E-state index in [1.54, 1.807) is 0 Å². The van der Waals surface area contributed by atoms with Crippen molar-refractivity contribution in [1.29, 1.82) is 0 Å². The molecule has 0 aliphatic carbocycles. The van der Waals surface area contributed by atoms with Crippen LogP contribution in [-0.2, 0) is 10.9 Å². The molecule has 112 valence electrons. The van der Waals surface area contributed by atoms with Gasteiger partial charge in [0.15, 0.2) is 0 Å². The highest BCUT2D eigenvalue weighted by molar-refractivity contribution is 9.10. The number of ether oxygens (including phenoxy) is 1. The van der Waals surface area contributed by atoms with Gasteiger partial charge in [0.05, 0.1) is 24.0 Å². The van der Waals surface area contributed by atoms with Crippen LogP contribution in [0.4, 0.5) is 18.9 Å². The molecule has 1 heterocycles. The molecule has 2 rings (SSSR count). The summed E-state index contributed by atoms with van der Waals surface area (Å²) in [6.07, 6.45) is -4.43. The van der Waals surface area contributed by atoms with Crippen LogP contribution >= 0.6 is 15.9 Å². The molecule has 1 aliphatic rings. The average molecular weight is 353 g/mol.